The minimum atomic E-state index is -1.19. The van der Waals surface area contributed by atoms with Gasteiger partial charge in [0.1, 0.15) is 6.10 Å². The lowest BCUT2D eigenvalue weighted by atomic mass is 9.33. The van der Waals surface area contributed by atoms with Gasteiger partial charge < -0.3 is 9.84 Å². The molecule has 1 unspecified atom stereocenters. The fourth-order valence-electron chi connectivity index (χ4n) is 13.9. The quantitative estimate of drug-likeness (QED) is 0.237. The van der Waals surface area contributed by atoms with E-state index in [1.807, 2.05) is 16.8 Å². The van der Waals surface area contributed by atoms with Crippen molar-refractivity contribution in [2.45, 2.75) is 145 Å². The minimum Gasteiger partial charge on any atom is -0.481 e. The highest BCUT2D eigenvalue weighted by Crippen LogP contribution is 2.77. The monoisotopic (exact) mass is 836 g/mol. The topological polar surface area (TPSA) is 125 Å². The normalized spacial score (nSPS) is 34.9. The molecule has 2 aromatic rings. The molecule has 318 valence electrons. The van der Waals surface area contributed by atoms with Crippen molar-refractivity contribution in [1.82, 2.24) is 9.36 Å². The van der Waals surface area contributed by atoms with E-state index in [9.17, 15) is 28.5 Å². The third kappa shape index (κ3) is 6.46. The van der Waals surface area contributed by atoms with Crippen molar-refractivity contribution in [3.8, 4) is 5.69 Å². The number of rotatable bonds is 10. The predicted octanol–water partition coefficient (Wildman–Crippen LogP) is 9.32. The fraction of sp³-hybridized carbons (Fsp3) is 0.702. The fourth-order valence-corrected chi connectivity index (χ4v) is 14.5. The number of aromatic nitrogens is 2. The molecular formula is C47H65ClN2O7S. The molecule has 0 saturated heterocycles. The van der Waals surface area contributed by atoms with Gasteiger partial charge in [-0.2, -0.15) is 0 Å². The molecule has 0 radical (unpaired) electrons. The van der Waals surface area contributed by atoms with Gasteiger partial charge in [-0.05, 0) is 141 Å². The summed E-state index contributed by atoms with van der Waals surface area (Å²) in [5.41, 5.74) is 1.38. The Morgan fingerprint density at radius 2 is 1.62 bits per heavy atom. The van der Waals surface area contributed by atoms with Crippen molar-refractivity contribution in [2.24, 2.45) is 50.7 Å². The summed E-state index contributed by atoms with van der Waals surface area (Å²) in [6, 6.07) is 9.01. The van der Waals surface area contributed by atoms with E-state index in [1.165, 1.54) is 5.57 Å². The standard InChI is InChI=1S/C47H65ClN2O7S/c1-28(2)39-32(51)26-47(35-25-37(52)50(49(35)23-24-58(10)56)30-13-11-29(48)12-14-30)22-21-45(8)31(40(39)47)15-16-34-44(7)19-18-36(57-38(53)27-42(3,4)41(54)55)43(5,6)33(44)17-20-46(34,45)9/h11-14,25,28,31,33-34,36H,15-24,26-27H2,1-10H3,(H,54,55)/t31-,33+,34-,36+,44+,45-,46-,47+,58?/m1/s1. The first-order valence-corrected chi connectivity index (χ1v) is 23.6. The molecule has 0 bridgehead atoms. The molecule has 7 rings (SSSR count). The number of aliphatic carboxylic acids is 1. The average molecular weight is 838 g/mol. The number of carbonyl (C=O) groups is 3. The van der Waals surface area contributed by atoms with Crippen LogP contribution in [0.3, 0.4) is 0 Å². The number of carbonyl (C=O) groups excluding carboxylic acids is 2. The molecule has 5 aliphatic rings. The van der Waals surface area contributed by atoms with Gasteiger partial charge in [-0.25, -0.2) is 4.68 Å². The number of hydrogen-bond donors (Lipinski definition) is 1. The Morgan fingerprint density at radius 3 is 2.24 bits per heavy atom. The largest absolute Gasteiger partial charge is 0.481 e. The van der Waals surface area contributed by atoms with Gasteiger partial charge in [0.25, 0.3) is 5.56 Å². The summed E-state index contributed by atoms with van der Waals surface area (Å²) in [5, 5.41) is 10.2. The van der Waals surface area contributed by atoms with Crippen LogP contribution in [0.5, 0.6) is 0 Å². The maximum Gasteiger partial charge on any atom is 0.309 e. The lowest BCUT2D eigenvalue weighted by Gasteiger charge is -2.72. The molecule has 5 aliphatic carbocycles. The molecular weight excluding hydrogens is 772 g/mol. The number of carboxylic acid groups (broad SMARTS) is 1. The molecule has 58 heavy (non-hydrogen) atoms. The van der Waals surface area contributed by atoms with Crippen LogP contribution in [-0.2, 0) is 41.9 Å². The Kier molecular flexibility index (Phi) is 10.8. The molecule has 0 spiro atoms. The highest BCUT2D eigenvalue weighted by atomic mass is 35.5. The second-order valence-electron chi connectivity index (χ2n) is 21.0. The summed E-state index contributed by atoms with van der Waals surface area (Å²) >= 11 is 6.28. The van der Waals surface area contributed by atoms with E-state index in [0.29, 0.717) is 41.3 Å². The van der Waals surface area contributed by atoms with Crippen LogP contribution in [0.1, 0.15) is 132 Å². The lowest BCUT2D eigenvalue weighted by Crippen LogP contribution is -2.66. The van der Waals surface area contributed by atoms with Crippen molar-refractivity contribution in [2.75, 3.05) is 12.0 Å². The van der Waals surface area contributed by atoms with Gasteiger partial charge in [-0.3, -0.25) is 28.1 Å². The van der Waals surface area contributed by atoms with Crippen molar-refractivity contribution >= 4 is 40.1 Å². The number of allylic oxidation sites excluding steroid dienone is 2. The number of ether oxygens (including phenoxy) is 1. The number of Topliss-reactive ketones (excluding diaryl/α,β-unsaturated/α-hetero) is 1. The predicted molar refractivity (Wildman–Crippen MR) is 229 cm³/mol. The highest BCUT2D eigenvalue weighted by molar-refractivity contribution is 7.84. The number of fused-ring (bicyclic) bond motifs is 7. The van der Waals surface area contributed by atoms with Gasteiger partial charge in [0.05, 0.1) is 29.8 Å². The first kappa shape index (κ1) is 43.1. The zero-order valence-electron chi connectivity index (χ0n) is 36.3. The SMILES string of the molecule is CC(C)C1=C2[C@H]3CC[C@@H]4[C@@]5(C)CC[C@H](OC(=O)CC(C)(C)C(=O)O)C(C)(C)[C@@H]5CC[C@@]4(C)[C@]3(C)CC[C@@]2(c2cc(=O)n(-c3ccc(Cl)cc3)n2CCS(C)=O)CC1=O. The van der Waals surface area contributed by atoms with Gasteiger partial charge in [-0.1, -0.05) is 60.1 Å². The van der Waals surface area contributed by atoms with Crippen molar-refractivity contribution < 1.29 is 28.4 Å². The molecule has 1 N–H and O–H groups in total. The Morgan fingerprint density at radius 1 is 0.948 bits per heavy atom. The van der Waals surface area contributed by atoms with Crippen LogP contribution >= 0.6 is 11.6 Å². The van der Waals surface area contributed by atoms with E-state index in [2.05, 4.69) is 48.5 Å². The van der Waals surface area contributed by atoms with Crippen LogP contribution in [0.25, 0.3) is 5.69 Å². The molecule has 4 saturated carbocycles. The number of benzene rings is 1. The Labute approximate surface area is 352 Å². The van der Waals surface area contributed by atoms with E-state index in [-0.39, 0.29) is 57.4 Å². The second-order valence-corrected chi connectivity index (χ2v) is 23.0. The molecule has 1 aromatic carbocycles. The number of ketones is 1. The molecule has 9 nitrogen and oxygen atoms in total. The smallest absolute Gasteiger partial charge is 0.309 e. The summed E-state index contributed by atoms with van der Waals surface area (Å²) < 4.78 is 22.5. The van der Waals surface area contributed by atoms with Crippen molar-refractivity contribution in [3.63, 3.8) is 0 Å². The zero-order valence-corrected chi connectivity index (χ0v) is 37.9. The van der Waals surface area contributed by atoms with Gasteiger partial charge in [0.15, 0.2) is 5.78 Å². The number of esters is 1. The number of hydrogen-bond acceptors (Lipinski definition) is 6. The highest BCUT2D eigenvalue weighted by Gasteiger charge is 2.70. The van der Waals surface area contributed by atoms with Gasteiger partial charge >= 0.3 is 11.9 Å². The van der Waals surface area contributed by atoms with Crippen molar-refractivity contribution in [3.05, 3.63) is 62.5 Å². The van der Waals surface area contributed by atoms with E-state index in [0.717, 1.165) is 62.6 Å². The number of halogens is 1. The zero-order chi connectivity index (χ0) is 42.5. The van der Waals surface area contributed by atoms with E-state index in [4.69, 9.17) is 16.3 Å². The van der Waals surface area contributed by atoms with E-state index < -0.39 is 33.6 Å². The molecule has 0 amide bonds. The van der Waals surface area contributed by atoms with Crippen LogP contribution in [0.4, 0.5) is 0 Å². The van der Waals surface area contributed by atoms with Crippen molar-refractivity contribution in [1.29, 1.82) is 0 Å². The van der Waals surface area contributed by atoms with E-state index >= 15 is 0 Å². The van der Waals surface area contributed by atoms with Crippen LogP contribution in [-0.4, -0.2) is 54.5 Å². The lowest BCUT2D eigenvalue weighted by molar-refractivity contribution is -0.232. The Hall–Kier alpha value is -2.98. The third-order valence-corrected chi connectivity index (χ3v) is 18.0. The van der Waals surface area contributed by atoms with Gasteiger partial charge in [-0.15, -0.1) is 0 Å². The third-order valence-electron chi connectivity index (χ3n) is 16.9. The van der Waals surface area contributed by atoms with Crippen LogP contribution in [0.2, 0.25) is 5.02 Å². The summed E-state index contributed by atoms with van der Waals surface area (Å²) in [6.45, 7) is 19.9. The average Bonchev–Trinajstić information content (AvgIpc) is 3.62. The maximum absolute atomic E-state index is 14.5. The minimum absolute atomic E-state index is 0.00902. The molecule has 4 fully saturated rings. The summed E-state index contributed by atoms with van der Waals surface area (Å²) in [5.74, 6) is 0.0777. The summed E-state index contributed by atoms with van der Waals surface area (Å²) in [4.78, 5) is 53.7. The first-order valence-electron chi connectivity index (χ1n) is 21.5. The second kappa shape index (κ2) is 14.6. The van der Waals surface area contributed by atoms with Gasteiger partial charge in [0, 0.05) is 51.1 Å². The number of carboxylic acids is 1. The molecule has 0 aliphatic heterocycles. The Balaban J connectivity index is 1.27. The van der Waals surface area contributed by atoms with E-state index in [1.54, 1.807) is 43.0 Å². The summed E-state index contributed by atoms with van der Waals surface area (Å²) in [6.07, 6.45) is 9.01. The molecule has 11 heteroatoms. The summed E-state index contributed by atoms with van der Waals surface area (Å²) in [7, 11) is -1.10. The molecule has 1 aromatic heterocycles. The van der Waals surface area contributed by atoms with Crippen LogP contribution < -0.4 is 5.56 Å². The van der Waals surface area contributed by atoms with Crippen LogP contribution in [0, 0.1) is 50.7 Å². The maximum atomic E-state index is 14.5. The molecule has 1 heterocycles. The Bertz CT molecular complexity index is 2130. The first-order chi connectivity index (χ1) is 26.9. The number of nitrogens with zero attached hydrogens (tertiary/aromatic N) is 2. The van der Waals surface area contributed by atoms with Gasteiger partial charge in [0.2, 0.25) is 0 Å². The molecule has 9 atom stereocenters. The van der Waals surface area contributed by atoms with Crippen LogP contribution in [0.15, 0.2) is 46.3 Å².